The highest BCUT2D eigenvalue weighted by molar-refractivity contribution is 5.81. The summed E-state index contributed by atoms with van der Waals surface area (Å²) in [4.78, 5) is 25.5. The third kappa shape index (κ3) is 3.17. The van der Waals surface area contributed by atoms with Crippen molar-refractivity contribution < 1.29 is 19.4 Å². The summed E-state index contributed by atoms with van der Waals surface area (Å²) in [6.07, 6.45) is 1.49. The monoisotopic (exact) mass is 291 g/mol. The number of ether oxygens (including phenoxy) is 1. The Balaban J connectivity index is 2.43. The van der Waals surface area contributed by atoms with Crippen LogP contribution in [0.3, 0.4) is 0 Å². The minimum Gasteiger partial charge on any atom is -0.497 e. The number of benzene rings is 1. The van der Waals surface area contributed by atoms with Crippen molar-refractivity contribution in [2.24, 2.45) is 5.92 Å². The van der Waals surface area contributed by atoms with Crippen LogP contribution in [0.15, 0.2) is 24.3 Å². The Morgan fingerprint density at radius 3 is 2.86 bits per heavy atom. The van der Waals surface area contributed by atoms with Crippen LogP contribution in [0.5, 0.6) is 5.75 Å². The van der Waals surface area contributed by atoms with Gasteiger partial charge in [-0.1, -0.05) is 19.1 Å². The number of likely N-dealkylation sites (tertiary alicyclic amines) is 1. The maximum atomic E-state index is 12.2. The molecule has 21 heavy (non-hydrogen) atoms. The Bertz CT molecular complexity index is 529. The lowest BCUT2D eigenvalue weighted by Gasteiger charge is -2.39. The van der Waals surface area contributed by atoms with E-state index in [0.29, 0.717) is 25.1 Å². The predicted molar refractivity (Wildman–Crippen MR) is 78.1 cm³/mol. The van der Waals surface area contributed by atoms with Gasteiger partial charge in [-0.15, -0.1) is 0 Å². The Labute approximate surface area is 124 Å². The minimum absolute atomic E-state index is 0.0298. The Morgan fingerprint density at radius 2 is 2.24 bits per heavy atom. The zero-order chi connectivity index (χ0) is 15.4. The maximum absolute atomic E-state index is 12.2. The molecule has 2 rings (SSSR count). The summed E-state index contributed by atoms with van der Waals surface area (Å²) in [7, 11) is 1.57. The van der Waals surface area contributed by atoms with Gasteiger partial charge in [0.25, 0.3) is 0 Å². The number of carbonyl (C=O) groups excluding carboxylic acids is 1. The van der Waals surface area contributed by atoms with Gasteiger partial charge in [0.1, 0.15) is 5.75 Å². The lowest BCUT2D eigenvalue weighted by molar-refractivity contribution is -0.152. The van der Waals surface area contributed by atoms with Crippen molar-refractivity contribution >= 4 is 11.9 Å². The number of carbonyl (C=O) groups is 2. The van der Waals surface area contributed by atoms with Crippen LogP contribution in [0.4, 0.5) is 0 Å². The lowest BCUT2D eigenvalue weighted by Crippen LogP contribution is -2.45. The van der Waals surface area contributed by atoms with Crippen LogP contribution in [0.2, 0.25) is 0 Å². The number of hydrogen-bond acceptors (Lipinski definition) is 3. The average molecular weight is 291 g/mol. The number of amides is 1. The molecule has 2 unspecified atom stereocenters. The van der Waals surface area contributed by atoms with Crippen LogP contribution in [-0.4, -0.2) is 35.5 Å². The van der Waals surface area contributed by atoms with Crippen molar-refractivity contribution in [1.29, 1.82) is 0 Å². The summed E-state index contributed by atoms with van der Waals surface area (Å²) in [5.74, 6) is -0.717. The van der Waals surface area contributed by atoms with Gasteiger partial charge in [0.15, 0.2) is 0 Å². The molecule has 0 spiro atoms. The first-order chi connectivity index (χ1) is 10.1. The molecule has 114 valence electrons. The maximum Gasteiger partial charge on any atom is 0.308 e. The molecule has 1 aliphatic rings. The Hall–Kier alpha value is -2.04. The van der Waals surface area contributed by atoms with E-state index >= 15 is 0 Å². The fourth-order valence-electron chi connectivity index (χ4n) is 2.95. The smallest absolute Gasteiger partial charge is 0.308 e. The third-order valence-electron chi connectivity index (χ3n) is 3.92. The zero-order valence-electron chi connectivity index (χ0n) is 12.4. The second-order valence-electron chi connectivity index (χ2n) is 5.29. The van der Waals surface area contributed by atoms with E-state index in [1.807, 2.05) is 31.2 Å². The van der Waals surface area contributed by atoms with E-state index in [1.165, 1.54) is 0 Å². The standard InChI is InChI=1S/C16H21NO4/c1-3-9-17-14(18)8-7-13(16(19)20)15(17)11-5-4-6-12(10-11)21-2/h4-6,10,13,15H,3,7-9H2,1-2H3,(H,19,20). The van der Waals surface area contributed by atoms with Crippen molar-refractivity contribution in [1.82, 2.24) is 4.90 Å². The highest BCUT2D eigenvalue weighted by Gasteiger charge is 2.40. The number of methoxy groups -OCH3 is 1. The largest absolute Gasteiger partial charge is 0.497 e. The van der Waals surface area contributed by atoms with Crippen molar-refractivity contribution in [2.75, 3.05) is 13.7 Å². The molecule has 0 saturated carbocycles. The Morgan fingerprint density at radius 1 is 1.48 bits per heavy atom. The molecule has 5 heteroatoms. The molecule has 0 bridgehead atoms. The van der Waals surface area contributed by atoms with Gasteiger partial charge in [-0.3, -0.25) is 9.59 Å². The first-order valence-electron chi connectivity index (χ1n) is 7.24. The van der Waals surface area contributed by atoms with E-state index in [4.69, 9.17) is 4.74 Å². The molecular formula is C16H21NO4. The van der Waals surface area contributed by atoms with Gasteiger partial charge in [0.05, 0.1) is 19.1 Å². The SMILES string of the molecule is CCCN1C(=O)CCC(C(=O)O)C1c1cccc(OC)c1. The van der Waals surface area contributed by atoms with E-state index in [9.17, 15) is 14.7 Å². The van der Waals surface area contributed by atoms with Gasteiger partial charge < -0.3 is 14.7 Å². The third-order valence-corrected chi connectivity index (χ3v) is 3.92. The van der Waals surface area contributed by atoms with Crippen molar-refractivity contribution in [3.8, 4) is 5.75 Å². The van der Waals surface area contributed by atoms with Gasteiger partial charge in [-0.2, -0.15) is 0 Å². The van der Waals surface area contributed by atoms with Crippen molar-refractivity contribution in [2.45, 2.75) is 32.2 Å². The lowest BCUT2D eigenvalue weighted by atomic mass is 9.84. The van der Waals surface area contributed by atoms with Crippen LogP contribution >= 0.6 is 0 Å². The van der Waals surface area contributed by atoms with Crippen LogP contribution in [0, 0.1) is 5.92 Å². The van der Waals surface area contributed by atoms with E-state index in [1.54, 1.807) is 12.0 Å². The number of carboxylic acids is 1. The molecule has 1 amide bonds. The fourth-order valence-corrected chi connectivity index (χ4v) is 2.95. The zero-order valence-corrected chi connectivity index (χ0v) is 12.4. The first-order valence-corrected chi connectivity index (χ1v) is 7.24. The molecule has 5 nitrogen and oxygen atoms in total. The van der Waals surface area contributed by atoms with E-state index in [0.717, 1.165) is 12.0 Å². The van der Waals surface area contributed by atoms with Gasteiger partial charge in [0, 0.05) is 13.0 Å². The normalized spacial score (nSPS) is 22.2. The molecule has 1 heterocycles. The average Bonchev–Trinajstić information content (AvgIpc) is 2.49. The number of aliphatic carboxylic acids is 1. The highest BCUT2D eigenvalue weighted by Crippen LogP contribution is 2.38. The molecule has 1 fully saturated rings. The molecule has 0 aliphatic carbocycles. The predicted octanol–water partition coefficient (Wildman–Crippen LogP) is 2.47. The number of rotatable bonds is 5. The number of hydrogen-bond donors (Lipinski definition) is 1. The van der Waals surface area contributed by atoms with Crippen LogP contribution in [0.25, 0.3) is 0 Å². The van der Waals surface area contributed by atoms with Crippen molar-refractivity contribution in [3.63, 3.8) is 0 Å². The molecular weight excluding hydrogens is 270 g/mol. The minimum atomic E-state index is -0.851. The van der Waals surface area contributed by atoms with Gasteiger partial charge in [-0.25, -0.2) is 0 Å². The quantitative estimate of drug-likeness (QED) is 0.905. The topological polar surface area (TPSA) is 66.8 Å². The van der Waals surface area contributed by atoms with Gasteiger partial charge >= 0.3 is 5.97 Å². The molecule has 1 N–H and O–H groups in total. The molecule has 1 aromatic carbocycles. The molecule has 1 aromatic rings. The van der Waals surface area contributed by atoms with Crippen LogP contribution in [0.1, 0.15) is 37.8 Å². The van der Waals surface area contributed by atoms with Gasteiger partial charge in [-0.05, 0) is 30.5 Å². The molecule has 1 saturated heterocycles. The summed E-state index contributed by atoms with van der Waals surface area (Å²) in [6, 6.07) is 6.91. The van der Waals surface area contributed by atoms with Crippen LogP contribution in [-0.2, 0) is 9.59 Å². The number of piperidine rings is 1. The van der Waals surface area contributed by atoms with Crippen molar-refractivity contribution in [3.05, 3.63) is 29.8 Å². The molecule has 2 atom stereocenters. The van der Waals surface area contributed by atoms with E-state index < -0.39 is 17.9 Å². The fraction of sp³-hybridized carbons (Fsp3) is 0.500. The number of nitrogens with zero attached hydrogens (tertiary/aromatic N) is 1. The summed E-state index contributed by atoms with van der Waals surface area (Å²) in [5, 5.41) is 9.50. The summed E-state index contributed by atoms with van der Waals surface area (Å²) >= 11 is 0. The summed E-state index contributed by atoms with van der Waals surface area (Å²) in [6.45, 7) is 2.56. The Kier molecular flexibility index (Phi) is 4.83. The molecule has 1 aliphatic heterocycles. The van der Waals surface area contributed by atoms with Crippen LogP contribution < -0.4 is 4.74 Å². The second-order valence-corrected chi connectivity index (χ2v) is 5.29. The summed E-state index contributed by atoms with van der Waals surface area (Å²) < 4.78 is 5.21. The first kappa shape index (κ1) is 15.4. The molecule has 0 radical (unpaired) electrons. The highest BCUT2D eigenvalue weighted by atomic mass is 16.5. The second kappa shape index (κ2) is 6.61. The summed E-state index contributed by atoms with van der Waals surface area (Å²) in [5.41, 5.74) is 0.822. The number of carboxylic acid groups (broad SMARTS) is 1. The van der Waals surface area contributed by atoms with Gasteiger partial charge in [0.2, 0.25) is 5.91 Å². The molecule has 0 aromatic heterocycles. The van der Waals surface area contributed by atoms with E-state index in [-0.39, 0.29) is 5.91 Å². The van der Waals surface area contributed by atoms with E-state index in [2.05, 4.69) is 0 Å².